The van der Waals surface area contributed by atoms with Crippen LogP contribution in [-0.2, 0) is 9.53 Å². The van der Waals surface area contributed by atoms with Gasteiger partial charge in [-0.25, -0.2) is 13.6 Å². The van der Waals surface area contributed by atoms with Gasteiger partial charge in [-0.1, -0.05) is 12.1 Å². The van der Waals surface area contributed by atoms with E-state index in [0.29, 0.717) is 0 Å². The summed E-state index contributed by atoms with van der Waals surface area (Å²) in [6.45, 7) is 1.69. The number of alkyl halides is 1. The van der Waals surface area contributed by atoms with Crippen molar-refractivity contribution >= 4 is 5.97 Å². The van der Waals surface area contributed by atoms with Gasteiger partial charge in [0.05, 0.1) is 6.61 Å². The van der Waals surface area contributed by atoms with Crippen molar-refractivity contribution < 1.29 is 18.3 Å². The molecule has 0 heterocycles. The molecule has 0 spiro atoms. The van der Waals surface area contributed by atoms with E-state index in [1.807, 2.05) is 0 Å². The average molecular weight is 200 g/mol. The lowest BCUT2D eigenvalue weighted by atomic mass is 10.1. The number of rotatable bonds is 3. The van der Waals surface area contributed by atoms with Gasteiger partial charge < -0.3 is 4.74 Å². The van der Waals surface area contributed by atoms with Crippen LogP contribution in [0, 0.1) is 5.82 Å². The summed E-state index contributed by atoms with van der Waals surface area (Å²) in [4.78, 5) is 10.9. The molecule has 2 nitrogen and oxygen atoms in total. The van der Waals surface area contributed by atoms with E-state index in [9.17, 15) is 13.6 Å². The zero-order valence-corrected chi connectivity index (χ0v) is 7.67. The minimum Gasteiger partial charge on any atom is -0.464 e. The predicted octanol–water partition coefficient (Wildman–Crippen LogP) is 2.40. The summed E-state index contributed by atoms with van der Waals surface area (Å²) < 4.78 is 30.4. The Balaban J connectivity index is 2.78. The van der Waals surface area contributed by atoms with E-state index in [4.69, 9.17) is 0 Å². The Kier molecular flexibility index (Phi) is 3.56. The highest BCUT2D eigenvalue weighted by atomic mass is 19.1. The summed E-state index contributed by atoms with van der Waals surface area (Å²) in [5.74, 6) is -1.56. The molecule has 76 valence electrons. The molecule has 0 aliphatic heterocycles. The fourth-order valence-electron chi connectivity index (χ4n) is 1.02. The van der Waals surface area contributed by atoms with E-state index in [0.717, 1.165) is 6.07 Å². The molecular weight excluding hydrogens is 190 g/mol. The summed E-state index contributed by atoms with van der Waals surface area (Å²) in [5, 5.41) is 0. The molecule has 0 radical (unpaired) electrons. The number of halogens is 2. The van der Waals surface area contributed by atoms with E-state index in [-0.39, 0.29) is 12.2 Å². The lowest BCUT2D eigenvalue weighted by Crippen LogP contribution is -2.11. The van der Waals surface area contributed by atoms with Gasteiger partial charge in [0.2, 0.25) is 6.17 Å². The first-order valence-electron chi connectivity index (χ1n) is 4.21. The second kappa shape index (κ2) is 4.69. The third kappa shape index (κ3) is 2.52. The number of benzene rings is 1. The van der Waals surface area contributed by atoms with Crippen molar-refractivity contribution in [2.24, 2.45) is 0 Å². The molecule has 0 aliphatic rings. The Hall–Kier alpha value is -1.45. The molecule has 0 fully saturated rings. The van der Waals surface area contributed by atoms with Crippen molar-refractivity contribution in [1.82, 2.24) is 0 Å². The number of ether oxygens (including phenoxy) is 1. The average Bonchev–Trinajstić information content (AvgIpc) is 2.17. The van der Waals surface area contributed by atoms with Gasteiger partial charge in [-0.3, -0.25) is 0 Å². The molecule has 1 aromatic rings. The van der Waals surface area contributed by atoms with Crippen molar-refractivity contribution in [3.05, 3.63) is 35.6 Å². The zero-order chi connectivity index (χ0) is 10.6. The molecule has 0 bridgehead atoms. The predicted molar refractivity (Wildman–Crippen MR) is 46.9 cm³/mol. The fourth-order valence-corrected chi connectivity index (χ4v) is 1.02. The Morgan fingerprint density at radius 2 is 2.29 bits per heavy atom. The van der Waals surface area contributed by atoms with Gasteiger partial charge in [0.1, 0.15) is 5.82 Å². The SMILES string of the molecule is CCOC(=O)[C@@H](F)c1cccc(F)c1. The Labute approximate surface area is 80.5 Å². The highest BCUT2D eigenvalue weighted by Crippen LogP contribution is 2.19. The molecule has 1 rings (SSSR count). The lowest BCUT2D eigenvalue weighted by Gasteiger charge is -2.07. The van der Waals surface area contributed by atoms with Crippen LogP contribution in [0.1, 0.15) is 18.7 Å². The highest BCUT2D eigenvalue weighted by Gasteiger charge is 2.20. The number of hydrogen-bond acceptors (Lipinski definition) is 2. The maximum Gasteiger partial charge on any atom is 0.345 e. The lowest BCUT2D eigenvalue weighted by molar-refractivity contribution is -0.149. The van der Waals surface area contributed by atoms with Crippen LogP contribution in [0.3, 0.4) is 0 Å². The molecule has 0 unspecified atom stereocenters. The fraction of sp³-hybridized carbons (Fsp3) is 0.300. The Morgan fingerprint density at radius 1 is 1.57 bits per heavy atom. The van der Waals surface area contributed by atoms with Gasteiger partial charge in [0.15, 0.2) is 0 Å². The van der Waals surface area contributed by atoms with Gasteiger partial charge >= 0.3 is 5.97 Å². The third-order valence-electron chi connectivity index (χ3n) is 1.63. The molecule has 1 atom stereocenters. The first-order chi connectivity index (χ1) is 6.65. The van der Waals surface area contributed by atoms with Crippen LogP contribution < -0.4 is 0 Å². The largest absolute Gasteiger partial charge is 0.464 e. The highest BCUT2D eigenvalue weighted by molar-refractivity contribution is 5.76. The van der Waals surface area contributed by atoms with E-state index < -0.39 is 18.0 Å². The Morgan fingerprint density at radius 3 is 2.86 bits per heavy atom. The second-order valence-corrected chi connectivity index (χ2v) is 2.67. The summed E-state index contributed by atoms with van der Waals surface area (Å²) in [7, 11) is 0. The maximum atomic E-state index is 13.3. The van der Waals surface area contributed by atoms with E-state index in [2.05, 4.69) is 4.74 Å². The second-order valence-electron chi connectivity index (χ2n) is 2.67. The summed E-state index contributed by atoms with van der Waals surface area (Å²) in [6, 6.07) is 4.84. The molecule has 0 saturated heterocycles. The number of hydrogen-bond donors (Lipinski definition) is 0. The number of carbonyl (C=O) groups excluding carboxylic acids is 1. The number of carbonyl (C=O) groups is 1. The summed E-state index contributed by atoms with van der Waals surface area (Å²) >= 11 is 0. The minimum absolute atomic E-state index is 0.0246. The molecular formula is C10H10F2O2. The topological polar surface area (TPSA) is 26.3 Å². The molecule has 14 heavy (non-hydrogen) atoms. The van der Waals surface area contributed by atoms with Crippen LogP contribution in [0.15, 0.2) is 24.3 Å². The monoisotopic (exact) mass is 200 g/mol. The van der Waals surface area contributed by atoms with E-state index >= 15 is 0 Å². The summed E-state index contributed by atoms with van der Waals surface area (Å²) in [5.41, 5.74) is -0.0246. The van der Waals surface area contributed by atoms with Gasteiger partial charge in [0.25, 0.3) is 0 Å². The van der Waals surface area contributed by atoms with E-state index in [1.165, 1.54) is 18.2 Å². The molecule has 0 saturated carbocycles. The van der Waals surface area contributed by atoms with Crippen molar-refractivity contribution in [2.75, 3.05) is 6.61 Å². The van der Waals surface area contributed by atoms with Gasteiger partial charge in [0, 0.05) is 5.56 Å². The molecule has 0 aromatic heterocycles. The first kappa shape index (κ1) is 10.6. The number of esters is 1. The van der Waals surface area contributed by atoms with Crippen molar-refractivity contribution in [1.29, 1.82) is 0 Å². The van der Waals surface area contributed by atoms with Crippen LogP contribution in [0.4, 0.5) is 8.78 Å². The van der Waals surface area contributed by atoms with Crippen molar-refractivity contribution in [3.63, 3.8) is 0 Å². The van der Waals surface area contributed by atoms with Crippen LogP contribution >= 0.6 is 0 Å². The van der Waals surface area contributed by atoms with Gasteiger partial charge in [-0.15, -0.1) is 0 Å². The third-order valence-corrected chi connectivity index (χ3v) is 1.63. The molecule has 0 N–H and O–H groups in total. The first-order valence-corrected chi connectivity index (χ1v) is 4.21. The van der Waals surface area contributed by atoms with Gasteiger partial charge in [-0.2, -0.15) is 0 Å². The quantitative estimate of drug-likeness (QED) is 0.700. The standard InChI is InChI=1S/C10H10F2O2/c1-2-14-10(13)9(12)7-4-3-5-8(11)6-7/h3-6,9H,2H2,1H3/t9-/m0/s1. The molecule has 1 aromatic carbocycles. The molecule has 0 aliphatic carbocycles. The van der Waals surface area contributed by atoms with Crippen LogP contribution in [-0.4, -0.2) is 12.6 Å². The smallest absolute Gasteiger partial charge is 0.345 e. The summed E-state index contributed by atoms with van der Waals surface area (Å²) in [6.07, 6.45) is -1.91. The Bertz CT molecular complexity index is 326. The normalized spacial score (nSPS) is 12.2. The van der Waals surface area contributed by atoms with Crippen LogP contribution in [0.25, 0.3) is 0 Å². The van der Waals surface area contributed by atoms with Gasteiger partial charge in [-0.05, 0) is 19.1 Å². The van der Waals surface area contributed by atoms with E-state index in [1.54, 1.807) is 6.92 Å². The van der Waals surface area contributed by atoms with Crippen molar-refractivity contribution in [3.8, 4) is 0 Å². The molecule has 4 heteroatoms. The van der Waals surface area contributed by atoms with Crippen LogP contribution in [0.2, 0.25) is 0 Å². The van der Waals surface area contributed by atoms with Crippen LogP contribution in [0.5, 0.6) is 0 Å². The van der Waals surface area contributed by atoms with Crippen molar-refractivity contribution in [2.45, 2.75) is 13.1 Å². The zero-order valence-electron chi connectivity index (χ0n) is 7.67. The molecule has 0 amide bonds. The minimum atomic E-state index is -1.91. The maximum absolute atomic E-state index is 13.3.